The van der Waals surface area contributed by atoms with E-state index in [1.165, 1.54) is 9.75 Å². The highest BCUT2D eigenvalue weighted by atomic mass is 32.1. The molecule has 0 fully saturated rings. The SMILES string of the molecule is CCCn1cc(OCc2ccc(CNC(C)C)s2)cn1. The summed E-state index contributed by atoms with van der Waals surface area (Å²) >= 11 is 1.80. The molecule has 0 saturated carbocycles. The first-order chi connectivity index (χ1) is 9.67. The van der Waals surface area contributed by atoms with Crippen molar-refractivity contribution in [1.29, 1.82) is 0 Å². The van der Waals surface area contributed by atoms with Crippen LogP contribution in [-0.4, -0.2) is 15.8 Å². The molecule has 0 aliphatic heterocycles. The fraction of sp³-hybridized carbons (Fsp3) is 0.533. The zero-order valence-electron chi connectivity index (χ0n) is 12.4. The monoisotopic (exact) mass is 293 g/mol. The molecule has 2 aromatic rings. The summed E-state index contributed by atoms with van der Waals surface area (Å²) in [7, 11) is 0. The van der Waals surface area contributed by atoms with E-state index in [-0.39, 0.29) is 0 Å². The number of nitrogens with zero attached hydrogens (tertiary/aromatic N) is 2. The second-order valence-electron chi connectivity index (χ2n) is 5.13. The molecule has 0 amide bonds. The number of nitrogens with one attached hydrogen (secondary N) is 1. The maximum Gasteiger partial charge on any atom is 0.157 e. The van der Waals surface area contributed by atoms with E-state index in [0.717, 1.165) is 25.3 Å². The normalized spacial score (nSPS) is 11.2. The Labute approximate surface area is 124 Å². The lowest BCUT2D eigenvalue weighted by Crippen LogP contribution is -2.21. The minimum Gasteiger partial charge on any atom is -0.485 e. The zero-order valence-corrected chi connectivity index (χ0v) is 13.2. The Balaban J connectivity index is 1.81. The molecule has 0 aromatic carbocycles. The van der Waals surface area contributed by atoms with Crippen LogP contribution in [0.2, 0.25) is 0 Å². The van der Waals surface area contributed by atoms with E-state index in [2.05, 4.69) is 43.3 Å². The molecular weight excluding hydrogens is 270 g/mol. The smallest absolute Gasteiger partial charge is 0.157 e. The Bertz CT molecular complexity index is 519. The fourth-order valence-electron chi connectivity index (χ4n) is 1.82. The second-order valence-corrected chi connectivity index (χ2v) is 6.38. The van der Waals surface area contributed by atoms with Gasteiger partial charge in [-0.15, -0.1) is 11.3 Å². The van der Waals surface area contributed by atoms with Crippen molar-refractivity contribution in [2.75, 3.05) is 0 Å². The molecular formula is C15H23N3OS. The van der Waals surface area contributed by atoms with Gasteiger partial charge in [0, 0.05) is 28.9 Å². The van der Waals surface area contributed by atoms with Gasteiger partial charge in [0.2, 0.25) is 0 Å². The molecule has 110 valence electrons. The van der Waals surface area contributed by atoms with E-state index < -0.39 is 0 Å². The van der Waals surface area contributed by atoms with Crippen molar-refractivity contribution in [3.05, 3.63) is 34.3 Å². The van der Waals surface area contributed by atoms with Gasteiger partial charge < -0.3 is 10.1 Å². The number of ether oxygens (including phenoxy) is 1. The number of aromatic nitrogens is 2. The first-order valence-electron chi connectivity index (χ1n) is 7.13. The van der Waals surface area contributed by atoms with Gasteiger partial charge in [0.1, 0.15) is 6.61 Å². The summed E-state index contributed by atoms with van der Waals surface area (Å²) in [4.78, 5) is 2.59. The molecule has 4 nitrogen and oxygen atoms in total. The van der Waals surface area contributed by atoms with Gasteiger partial charge in [-0.25, -0.2) is 0 Å². The van der Waals surface area contributed by atoms with Gasteiger partial charge in [0.05, 0.1) is 12.4 Å². The average Bonchev–Trinajstić information content (AvgIpc) is 3.03. The van der Waals surface area contributed by atoms with E-state index in [1.807, 2.05) is 10.9 Å². The lowest BCUT2D eigenvalue weighted by molar-refractivity contribution is 0.309. The van der Waals surface area contributed by atoms with Crippen molar-refractivity contribution in [2.24, 2.45) is 0 Å². The van der Waals surface area contributed by atoms with Gasteiger partial charge in [-0.2, -0.15) is 5.10 Å². The van der Waals surface area contributed by atoms with Crippen molar-refractivity contribution in [3.8, 4) is 5.75 Å². The summed E-state index contributed by atoms with van der Waals surface area (Å²) in [5.41, 5.74) is 0. The standard InChI is InChI=1S/C15H23N3OS/c1-4-7-18-10-13(8-17-18)19-11-15-6-5-14(20-15)9-16-12(2)3/h5-6,8,10,12,16H,4,7,9,11H2,1-3H3. The molecule has 2 heterocycles. The zero-order chi connectivity index (χ0) is 14.4. The van der Waals surface area contributed by atoms with Crippen molar-refractivity contribution in [1.82, 2.24) is 15.1 Å². The third-order valence-electron chi connectivity index (χ3n) is 2.85. The van der Waals surface area contributed by atoms with Gasteiger partial charge in [0.15, 0.2) is 5.75 Å². The molecule has 0 unspecified atom stereocenters. The highest BCUT2D eigenvalue weighted by Gasteiger charge is 2.04. The van der Waals surface area contributed by atoms with E-state index in [4.69, 9.17) is 4.74 Å². The van der Waals surface area contributed by atoms with Crippen LogP contribution in [0, 0.1) is 0 Å². The van der Waals surface area contributed by atoms with Crippen LogP contribution in [0.3, 0.4) is 0 Å². The number of thiophene rings is 1. The average molecular weight is 293 g/mol. The van der Waals surface area contributed by atoms with Crippen LogP contribution in [0.1, 0.15) is 36.9 Å². The molecule has 20 heavy (non-hydrogen) atoms. The van der Waals surface area contributed by atoms with Crippen LogP contribution in [0.15, 0.2) is 24.5 Å². The second kappa shape index (κ2) is 7.45. The van der Waals surface area contributed by atoms with Crippen molar-refractivity contribution >= 4 is 11.3 Å². The maximum absolute atomic E-state index is 5.76. The number of aryl methyl sites for hydroxylation is 1. The Morgan fingerprint density at radius 2 is 2.15 bits per heavy atom. The highest BCUT2D eigenvalue weighted by molar-refractivity contribution is 7.11. The summed E-state index contributed by atoms with van der Waals surface area (Å²) in [6.07, 6.45) is 4.82. The molecule has 0 aliphatic carbocycles. The first kappa shape index (κ1) is 15.1. The molecule has 2 aromatic heterocycles. The highest BCUT2D eigenvalue weighted by Crippen LogP contribution is 2.19. The van der Waals surface area contributed by atoms with E-state index >= 15 is 0 Å². The summed E-state index contributed by atoms with van der Waals surface area (Å²) in [5.74, 6) is 0.841. The van der Waals surface area contributed by atoms with Gasteiger partial charge in [-0.1, -0.05) is 20.8 Å². The minimum atomic E-state index is 0.515. The van der Waals surface area contributed by atoms with Crippen molar-refractivity contribution in [2.45, 2.75) is 52.9 Å². The van der Waals surface area contributed by atoms with Gasteiger partial charge in [-0.3, -0.25) is 4.68 Å². The molecule has 2 rings (SSSR count). The predicted octanol–water partition coefficient (Wildman–Crippen LogP) is 3.43. The van der Waals surface area contributed by atoms with Crippen LogP contribution >= 0.6 is 11.3 Å². The molecule has 0 atom stereocenters. The van der Waals surface area contributed by atoms with Gasteiger partial charge in [0.25, 0.3) is 0 Å². The summed E-state index contributed by atoms with van der Waals surface area (Å²) in [6.45, 7) is 8.94. The predicted molar refractivity (Wildman–Crippen MR) is 83.1 cm³/mol. The molecule has 5 heteroatoms. The third kappa shape index (κ3) is 4.65. The lowest BCUT2D eigenvalue weighted by Gasteiger charge is -2.05. The molecule has 0 spiro atoms. The van der Waals surface area contributed by atoms with Crippen LogP contribution < -0.4 is 10.1 Å². The fourth-order valence-corrected chi connectivity index (χ4v) is 2.71. The van der Waals surface area contributed by atoms with E-state index in [0.29, 0.717) is 12.6 Å². The Morgan fingerprint density at radius 1 is 1.35 bits per heavy atom. The van der Waals surface area contributed by atoms with Crippen LogP contribution in [-0.2, 0) is 19.7 Å². The Morgan fingerprint density at radius 3 is 2.90 bits per heavy atom. The molecule has 0 saturated heterocycles. The number of hydrogen-bond acceptors (Lipinski definition) is 4. The molecule has 1 N–H and O–H groups in total. The Hall–Kier alpha value is -1.33. The van der Waals surface area contributed by atoms with Crippen molar-refractivity contribution in [3.63, 3.8) is 0 Å². The summed E-state index contributed by atoms with van der Waals surface area (Å²) in [6, 6.07) is 4.82. The molecule has 0 bridgehead atoms. The topological polar surface area (TPSA) is 39.1 Å². The van der Waals surface area contributed by atoms with Crippen LogP contribution in [0.25, 0.3) is 0 Å². The molecule has 0 radical (unpaired) electrons. The summed E-state index contributed by atoms with van der Waals surface area (Å²) in [5, 5.41) is 7.68. The number of rotatable bonds is 8. The van der Waals surface area contributed by atoms with Gasteiger partial charge >= 0.3 is 0 Å². The van der Waals surface area contributed by atoms with Gasteiger partial charge in [-0.05, 0) is 18.6 Å². The minimum absolute atomic E-state index is 0.515. The number of hydrogen-bond donors (Lipinski definition) is 1. The van der Waals surface area contributed by atoms with E-state index in [1.54, 1.807) is 17.5 Å². The molecule has 0 aliphatic rings. The van der Waals surface area contributed by atoms with Crippen molar-refractivity contribution < 1.29 is 4.74 Å². The first-order valence-corrected chi connectivity index (χ1v) is 7.95. The van der Waals surface area contributed by atoms with E-state index in [9.17, 15) is 0 Å². The lowest BCUT2D eigenvalue weighted by atomic mass is 10.3. The Kier molecular flexibility index (Phi) is 5.61. The largest absolute Gasteiger partial charge is 0.485 e. The quantitative estimate of drug-likeness (QED) is 0.810. The van der Waals surface area contributed by atoms with Crippen LogP contribution in [0.4, 0.5) is 0 Å². The summed E-state index contributed by atoms with van der Waals surface area (Å²) < 4.78 is 7.68. The maximum atomic E-state index is 5.76. The van der Waals surface area contributed by atoms with Crippen LogP contribution in [0.5, 0.6) is 5.75 Å². The third-order valence-corrected chi connectivity index (χ3v) is 3.90.